The van der Waals surface area contributed by atoms with Crippen LogP contribution in [0.1, 0.15) is 31.2 Å². The Kier molecular flexibility index (Phi) is 8.33. The van der Waals surface area contributed by atoms with E-state index in [-0.39, 0.29) is 19.0 Å². The van der Waals surface area contributed by atoms with Crippen LogP contribution in [-0.2, 0) is 16.1 Å². The van der Waals surface area contributed by atoms with Gasteiger partial charge in [0.05, 0.1) is 17.2 Å². The molecule has 0 spiro atoms. The highest BCUT2D eigenvalue weighted by atomic mass is 35.5. The van der Waals surface area contributed by atoms with Gasteiger partial charge < -0.3 is 14.8 Å². The molecule has 1 aliphatic carbocycles. The first kappa shape index (κ1) is 19.4. The van der Waals surface area contributed by atoms with Gasteiger partial charge in [-0.2, -0.15) is 0 Å². The number of hydrogen-bond acceptors (Lipinski definition) is 4. The lowest BCUT2D eigenvalue weighted by molar-refractivity contribution is -0.142. The minimum Gasteiger partial charge on any atom is -0.479 e. The van der Waals surface area contributed by atoms with Crippen molar-refractivity contribution < 1.29 is 14.3 Å². The van der Waals surface area contributed by atoms with Gasteiger partial charge in [0.1, 0.15) is 0 Å². The number of halogens is 3. The van der Waals surface area contributed by atoms with Crippen LogP contribution in [0.2, 0.25) is 10.0 Å². The van der Waals surface area contributed by atoms with E-state index in [0.29, 0.717) is 21.8 Å². The maximum Gasteiger partial charge on any atom is 0.343 e. The van der Waals surface area contributed by atoms with Crippen molar-refractivity contribution in [3.05, 3.63) is 27.7 Å². The lowest BCUT2D eigenvalue weighted by atomic mass is 10.2. The lowest BCUT2D eigenvalue weighted by Gasteiger charge is -2.14. The van der Waals surface area contributed by atoms with Crippen molar-refractivity contribution in [3.63, 3.8) is 0 Å². The summed E-state index contributed by atoms with van der Waals surface area (Å²) in [6.07, 6.45) is 5.03. The summed E-state index contributed by atoms with van der Waals surface area (Å²) < 4.78 is 9.81. The van der Waals surface area contributed by atoms with Crippen molar-refractivity contribution in [1.82, 2.24) is 5.32 Å². The molecule has 0 heterocycles. The molecular formula is C15H20Cl3NO3. The van der Waals surface area contributed by atoms with Gasteiger partial charge in [-0.3, -0.25) is 0 Å². The third-order valence-electron chi connectivity index (χ3n) is 3.57. The van der Waals surface area contributed by atoms with E-state index in [9.17, 15) is 4.79 Å². The maximum atomic E-state index is 11.1. The molecule has 0 bridgehead atoms. The summed E-state index contributed by atoms with van der Waals surface area (Å²) in [6, 6.07) is 4.20. The van der Waals surface area contributed by atoms with E-state index < -0.39 is 5.97 Å². The predicted molar refractivity (Wildman–Crippen MR) is 90.3 cm³/mol. The first-order valence-corrected chi connectivity index (χ1v) is 7.76. The topological polar surface area (TPSA) is 47.6 Å². The molecule has 1 fully saturated rings. The average molecular weight is 369 g/mol. The minimum atomic E-state index is -0.478. The summed E-state index contributed by atoms with van der Waals surface area (Å²) in [5.74, 6) is -0.164. The van der Waals surface area contributed by atoms with Gasteiger partial charge in [0.2, 0.25) is 0 Å². The zero-order valence-electron chi connectivity index (χ0n) is 12.4. The molecule has 0 aliphatic heterocycles. The second-order valence-corrected chi connectivity index (χ2v) is 5.93. The third kappa shape index (κ3) is 5.51. The van der Waals surface area contributed by atoms with E-state index in [2.05, 4.69) is 10.1 Å². The standard InChI is InChI=1S/C15H19Cl2NO3.ClH/c1-20-14(19)9-21-15-12(16)6-10(7-13(15)17)8-18-11-4-2-3-5-11;/h6-7,11,18H,2-5,8-9H2,1H3;1H. The number of nitrogens with one attached hydrogen (secondary N) is 1. The fourth-order valence-electron chi connectivity index (χ4n) is 2.43. The Morgan fingerprint density at radius 2 is 1.86 bits per heavy atom. The van der Waals surface area contributed by atoms with Gasteiger partial charge in [-0.15, -0.1) is 12.4 Å². The number of methoxy groups -OCH3 is 1. The second-order valence-electron chi connectivity index (χ2n) is 5.12. The Morgan fingerprint density at radius 1 is 1.27 bits per heavy atom. The van der Waals surface area contributed by atoms with Crippen molar-refractivity contribution in [1.29, 1.82) is 0 Å². The maximum absolute atomic E-state index is 11.1. The molecule has 1 aliphatic rings. The number of hydrogen-bond donors (Lipinski definition) is 1. The second kappa shape index (κ2) is 9.46. The van der Waals surface area contributed by atoms with Crippen LogP contribution >= 0.6 is 35.6 Å². The van der Waals surface area contributed by atoms with Gasteiger partial charge in [0, 0.05) is 12.6 Å². The Hall–Kier alpha value is -0.680. The highest BCUT2D eigenvalue weighted by Crippen LogP contribution is 2.34. The molecular weight excluding hydrogens is 349 g/mol. The first-order chi connectivity index (χ1) is 10.1. The lowest BCUT2D eigenvalue weighted by Crippen LogP contribution is -2.25. The molecule has 7 heteroatoms. The smallest absolute Gasteiger partial charge is 0.343 e. The van der Waals surface area contributed by atoms with Crippen LogP contribution in [0.5, 0.6) is 5.75 Å². The van der Waals surface area contributed by atoms with Gasteiger partial charge >= 0.3 is 5.97 Å². The highest BCUT2D eigenvalue weighted by molar-refractivity contribution is 6.37. The van der Waals surface area contributed by atoms with Crippen molar-refractivity contribution in [3.8, 4) is 5.75 Å². The highest BCUT2D eigenvalue weighted by Gasteiger charge is 2.15. The number of carbonyl (C=O) groups is 1. The minimum absolute atomic E-state index is 0. The Morgan fingerprint density at radius 3 is 2.41 bits per heavy atom. The van der Waals surface area contributed by atoms with Gasteiger partial charge in [-0.25, -0.2) is 4.79 Å². The molecule has 1 saturated carbocycles. The largest absolute Gasteiger partial charge is 0.479 e. The first-order valence-electron chi connectivity index (χ1n) is 7.01. The Bertz CT molecular complexity index is 482. The van der Waals surface area contributed by atoms with Crippen LogP contribution in [0.25, 0.3) is 0 Å². The summed E-state index contributed by atoms with van der Waals surface area (Å²) in [6.45, 7) is 0.511. The van der Waals surface area contributed by atoms with Crippen LogP contribution in [0.4, 0.5) is 0 Å². The zero-order chi connectivity index (χ0) is 15.2. The van der Waals surface area contributed by atoms with Crippen LogP contribution in [0.15, 0.2) is 12.1 Å². The fourth-order valence-corrected chi connectivity index (χ4v) is 3.08. The Labute approximate surface area is 146 Å². The molecule has 1 aromatic rings. The molecule has 0 atom stereocenters. The number of carbonyl (C=O) groups excluding carboxylic acids is 1. The average Bonchev–Trinajstić information content (AvgIpc) is 2.97. The summed E-state index contributed by atoms with van der Waals surface area (Å²) in [4.78, 5) is 11.1. The molecule has 1 N–H and O–H groups in total. The van der Waals surface area contributed by atoms with E-state index >= 15 is 0 Å². The van der Waals surface area contributed by atoms with Crippen LogP contribution in [0, 0.1) is 0 Å². The number of benzene rings is 1. The van der Waals surface area contributed by atoms with Crippen molar-refractivity contribution in [2.75, 3.05) is 13.7 Å². The Balaban J connectivity index is 0.00000242. The molecule has 0 amide bonds. The number of rotatable bonds is 6. The summed E-state index contributed by atoms with van der Waals surface area (Å²) in [7, 11) is 1.30. The van der Waals surface area contributed by atoms with Crippen LogP contribution < -0.4 is 10.1 Å². The number of esters is 1. The monoisotopic (exact) mass is 367 g/mol. The molecule has 1 aromatic carbocycles. The summed E-state index contributed by atoms with van der Waals surface area (Å²) in [5, 5.41) is 4.29. The predicted octanol–water partition coefficient (Wildman–Crippen LogP) is 4.00. The third-order valence-corrected chi connectivity index (χ3v) is 4.13. The van der Waals surface area contributed by atoms with Crippen LogP contribution in [-0.4, -0.2) is 25.7 Å². The van der Waals surface area contributed by atoms with Gasteiger partial charge in [-0.1, -0.05) is 36.0 Å². The summed E-state index contributed by atoms with van der Waals surface area (Å²) >= 11 is 12.3. The van der Waals surface area contributed by atoms with Crippen molar-refractivity contribution >= 4 is 41.6 Å². The molecule has 22 heavy (non-hydrogen) atoms. The zero-order valence-corrected chi connectivity index (χ0v) is 14.7. The van der Waals surface area contributed by atoms with E-state index in [0.717, 1.165) is 12.1 Å². The van der Waals surface area contributed by atoms with E-state index in [1.165, 1.54) is 32.8 Å². The van der Waals surface area contributed by atoms with Gasteiger partial charge in [0.15, 0.2) is 12.4 Å². The molecule has 124 valence electrons. The quantitative estimate of drug-likeness (QED) is 0.771. The number of ether oxygens (including phenoxy) is 2. The summed E-state index contributed by atoms with van der Waals surface area (Å²) in [5.41, 5.74) is 1.00. The molecule has 0 saturated heterocycles. The van der Waals surface area contributed by atoms with Crippen molar-refractivity contribution in [2.45, 2.75) is 38.3 Å². The normalized spacial score (nSPS) is 14.5. The SMILES string of the molecule is COC(=O)COc1c(Cl)cc(CNC2CCCC2)cc1Cl.Cl. The molecule has 0 radical (unpaired) electrons. The molecule has 0 aromatic heterocycles. The fraction of sp³-hybridized carbons (Fsp3) is 0.533. The van der Waals surface area contributed by atoms with Gasteiger partial charge in [0.25, 0.3) is 0 Å². The van der Waals surface area contributed by atoms with E-state index in [1.807, 2.05) is 12.1 Å². The van der Waals surface area contributed by atoms with Gasteiger partial charge in [-0.05, 0) is 30.5 Å². The molecule has 0 unspecified atom stereocenters. The van der Waals surface area contributed by atoms with Crippen molar-refractivity contribution in [2.24, 2.45) is 0 Å². The van der Waals surface area contributed by atoms with Crippen LogP contribution in [0.3, 0.4) is 0 Å². The molecule has 4 nitrogen and oxygen atoms in total. The van der Waals surface area contributed by atoms with E-state index in [1.54, 1.807) is 0 Å². The molecule has 2 rings (SSSR count). The van der Waals surface area contributed by atoms with E-state index in [4.69, 9.17) is 27.9 Å².